The van der Waals surface area contributed by atoms with Crippen molar-refractivity contribution in [3.63, 3.8) is 0 Å². The van der Waals surface area contributed by atoms with Crippen LogP contribution in [0.15, 0.2) is 42.7 Å². The van der Waals surface area contributed by atoms with Crippen molar-refractivity contribution in [2.45, 2.75) is 19.9 Å². The minimum atomic E-state index is -0.368. The lowest BCUT2D eigenvalue weighted by molar-refractivity contribution is 0.0746. The van der Waals surface area contributed by atoms with Crippen molar-refractivity contribution in [3.8, 4) is 0 Å². The van der Waals surface area contributed by atoms with E-state index in [1.807, 2.05) is 18.7 Å². The fraction of sp³-hybridized carbons (Fsp3) is 0.350. The van der Waals surface area contributed by atoms with Gasteiger partial charge >= 0.3 is 0 Å². The number of carbonyl (C=O) groups excluding carboxylic acids is 2. The van der Waals surface area contributed by atoms with Crippen LogP contribution < -0.4 is 10.2 Å². The molecule has 3 rings (SSSR count). The molecule has 0 bridgehead atoms. The summed E-state index contributed by atoms with van der Waals surface area (Å²) >= 11 is 0. The van der Waals surface area contributed by atoms with Crippen molar-refractivity contribution in [2.75, 3.05) is 31.1 Å². The van der Waals surface area contributed by atoms with E-state index in [0.717, 1.165) is 5.69 Å². The van der Waals surface area contributed by atoms with Crippen molar-refractivity contribution < 1.29 is 14.0 Å². The number of hydrogen-bond donors (Lipinski definition) is 1. The summed E-state index contributed by atoms with van der Waals surface area (Å²) in [6.07, 6.45) is 2.80. The second kappa shape index (κ2) is 8.16. The predicted octanol–water partition coefficient (Wildman–Crippen LogP) is 2.32. The Labute approximate surface area is 158 Å². The third-order valence-corrected chi connectivity index (χ3v) is 4.44. The van der Waals surface area contributed by atoms with Crippen molar-refractivity contribution in [1.82, 2.24) is 15.2 Å². The van der Waals surface area contributed by atoms with Crippen LogP contribution >= 0.6 is 0 Å². The number of piperazine rings is 1. The molecule has 1 aromatic heterocycles. The Morgan fingerprint density at radius 1 is 1.04 bits per heavy atom. The average molecular weight is 370 g/mol. The molecular formula is C20H23FN4O2. The van der Waals surface area contributed by atoms with E-state index in [9.17, 15) is 14.0 Å². The zero-order valence-corrected chi connectivity index (χ0v) is 15.5. The maximum absolute atomic E-state index is 13.3. The van der Waals surface area contributed by atoms with Gasteiger partial charge in [0, 0.05) is 49.4 Å². The van der Waals surface area contributed by atoms with Crippen LogP contribution in [0.3, 0.4) is 0 Å². The highest BCUT2D eigenvalue weighted by atomic mass is 19.1. The molecule has 142 valence electrons. The van der Waals surface area contributed by atoms with Crippen LogP contribution in [0.4, 0.5) is 10.1 Å². The molecule has 6 nitrogen and oxygen atoms in total. The first-order chi connectivity index (χ1) is 12.9. The van der Waals surface area contributed by atoms with Crippen LogP contribution in [-0.2, 0) is 0 Å². The fourth-order valence-electron chi connectivity index (χ4n) is 3.03. The lowest BCUT2D eigenvalue weighted by Crippen LogP contribution is -2.48. The van der Waals surface area contributed by atoms with E-state index in [1.54, 1.807) is 35.4 Å². The second-order valence-corrected chi connectivity index (χ2v) is 6.85. The van der Waals surface area contributed by atoms with Crippen LogP contribution in [0, 0.1) is 5.82 Å². The summed E-state index contributed by atoms with van der Waals surface area (Å²) in [4.78, 5) is 32.3. The minimum absolute atomic E-state index is 0.0587. The molecule has 0 radical (unpaired) electrons. The van der Waals surface area contributed by atoms with Gasteiger partial charge < -0.3 is 15.1 Å². The third-order valence-electron chi connectivity index (χ3n) is 4.44. The number of nitrogens with one attached hydrogen (secondary N) is 1. The normalized spacial score (nSPS) is 14.4. The number of rotatable bonds is 4. The van der Waals surface area contributed by atoms with Crippen LogP contribution in [-0.4, -0.2) is 53.9 Å². The molecule has 0 aliphatic carbocycles. The molecule has 0 atom stereocenters. The maximum atomic E-state index is 13.3. The highest BCUT2D eigenvalue weighted by Crippen LogP contribution is 2.17. The summed E-state index contributed by atoms with van der Waals surface area (Å²) < 4.78 is 13.3. The number of pyridine rings is 1. The van der Waals surface area contributed by atoms with Gasteiger partial charge in [-0.05, 0) is 38.1 Å². The molecule has 0 unspecified atom stereocenters. The van der Waals surface area contributed by atoms with Gasteiger partial charge in [-0.25, -0.2) is 4.39 Å². The van der Waals surface area contributed by atoms with Crippen LogP contribution in [0.2, 0.25) is 0 Å². The molecule has 1 saturated heterocycles. The zero-order chi connectivity index (χ0) is 19.4. The molecule has 1 aromatic carbocycles. The Bertz CT molecular complexity index is 815. The van der Waals surface area contributed by atoms with E-state index in [4.69, 9.17) is 0 Å². The molecule has 1 aliphatic heterocycles. The highest BCUT2D eigenvalue weighted by molar-refractivity contribution is 5.98. The molecule has 27 heavy (non-hydrogen) atoms. The van der Waals surface area contributed by atoms with Gasteiger partial charge in [0.1, 0.15) is 5.82 Å². The minimum Gasteiger partial charge on any atom is -0.367 e. The van der Waals surface area contributed by atoms with E-state index in [0.29, 0.717) is 37.3 Å². The lowest BCUT2D eigenvalue weighted by atomic mass is 10.1. The topological polar surface area (TPSA) is 65.5 Å². The molecule has 2 amide bonds. The molecule has 2 heterocycles. The van der Waals surface area contributed by atoms with Crippen molar-refractivity contribution in [3.05, 3.63) is 59.7 Å². The smallest absolute Gasteiger partial charge is 0.253 e. The summed E-state index contributed by atoms with van der Waals surface area (Å²) in [5, 5.41) is 2.82. The van der Waals surface area contributed by atoms with E-state index in [2.05, 4.69) is 10.3 Å². The van der Waals surface area contributed by atoms with Gasteiger partial charge in [0.25, 0.3) is 11.8 Å². The number of amides is 2. The van der Waals surface area contributed by atoms with Gasteiger partial charge in [-0.2, -0.15) is 0 Å². The Morgan fingerprint density at radius 3 is 2.26 bits per heavy atom. The maximum Gasteiger partial charge on any atom is 0.253 e. The standard InChI is InChI=1S/C20H23FN4O2/c1-14(2)23-19(26)15-3-5-16(6-4-15)20(27)25-9-7-24(8-10-25)18-11-17(21)12-22-13-18/h3-6,11-14H,7-10H2,1-2H3,(H,23,26). The summed E-state index contributed by atoms with van der Waals surface area (Å²) in [5.41, 5.74) is 1.81. The first-order valence-corrected chi connectivity index (χ1v) is 9.00. The van der Waals surface area contributed by atoms with Gasteiger partial charge in [-0.15, -0.1) is 0 Å². The van der Waals surface area contributed by atoms with Gasteiger partial charge in [-0.1, -0.05) is 0 Å². The SMILES string of the molecule is CC(C)NC(=O)c1ccc(C(=O)N2CCN(c3cncc(F)c3)CC2)cc1. The molecule has 0 spiro atoms. The Balaban J connectivity index is 1.60. The van der Waals surface area contributed by atoms with E-state index in [1.165, 1.54) is 12.3 Å². The molecule has 7 heteroatoms. The van der Waals surface area contributed by atoms with Crippen LogP contribution in [0.25, 0.3) is 0 Å². The van der Waals surface area contributed by atoms with Gasteiger partial charge in [0.2, 0.25) is 0 Å². The molecule has 1 fully saturated rings. The lowest BCUT2D eigenvalue weighted by Gasteiger charge is -2.36. The molecule has 2 aromatic rings. The van der Waals surface area contributed by atoms with E-state index >= 15 is 0 Å². The zero-order valence-electron chi connectivity index (χ0n) is 15.5. The number of hydrogen-bond acceptors (Lipinski definition) is 4. The van der Waals surface area contributed by atoms with Crippen molar-refractivity contribution >= 4 is 17.5 Å². The number of halogens is 1. The first-order valence-electron chi connectivity index (χ1n) is 9.00. The number of nitrogens with zero attached hydrogens (tertiary/aromatic N) is 3. The number of carbonyl (C=O) groups is 2. The number of benzene rings is 1. The van der Waals surface area contributed by atoms with Gasteiger partial charge in [0.15, 0.2) is 0 Å². The largest absolute Gasteiger partial charge is 0.367 e. The molecular weight excluding hydrogens is 347 g/mol. The first kappa shape index (κ1) is 18.8. The van der Waals surface area contributed by atoms with Crippen LogP contribution in [0.5, 0.6) is 0 Å². The fourth-order valence-corrected chi connectivity index (χ4v) is 3.03. The Kier molecular flexibility index (Phi) is 5.69. The van der Waals surface area contributed by atoms with E-state index in [-0.39, 0.29) is 23.7 Å². The molecule has 1 aliphatic rings. The average Bonchev–Trinajstić information content (AvgIpc) is 2.67. The van der Waals surface area contributed by atoms with Gasteiger partial charge in [-0.3, -0.25) is 14.6 Å². The van der Waals surface area contributed by atoms with Gasteiger partial charge in [0.05, 0.1) is 18.1 Å². The molecule has 1 N–H and O–H groups in total. The summed E-state index contributed by atoms with van der Waals surface area (Å²) in [5.74, 6) is -0.586. The monoisotopic (exact) mass is 370 g/mol. The number of aromatic nitrogens is 1. The second-order valence-electron chi connectivity index (χ2n) is 6.85. The van der Waals surface area contributed by atoms with Crippen LogP contribution in [0.1, 0.15) is 34.6 Å². The molecule has 0 saturated carbocycles. The Morgan fingerprint density at radius 2 is 1.67 bits per heavy atom. The van der Waals surface area contributed by atoms with E-state index < -0.39 is 0 Å². The number of anilines is 1. The summed E-state index contributed by atoms with van der Waals surface area (Å²) in [6, 6.07) is 8.20. The predicted molar refractivity (Wildman–Crippen MR) is 101 cm³/mol. The van der Waals surface area contributed by atoms with Crippen molar-refractivity contribution in [2.24, 2.45) is 0 Å². The third kappa shape index (κ3) is 4.61. The highest BCUT2D eigenvalue weighted by Gasteiger charge is 2.23. The quantitative estimate of drug-likeness (QED) is 0.897. The summed E-state index contributed by atoms with van der Waals surface area (Å²) in [6.45, 7) is 6.12. The Hall–Kier alpha value is -2.96. The van der Waals surface area contributed by atoms with Crippen molar-refractivity contribution in [1.29, 1.82) is 0 Å². The summed E-state index contributed by atoms with van der Waals surface area (Å²) in [7, 11) is 0.